The first-order valence-electron chi connectivity index (χ1n) is 3.98. The number of methoxy groups -OCH3 is 1. The summed E-state index contributed by atoms with van der Waals surface area (Å²) in [7, 11) is 1.53. The van der Waals surface area contributed by atoms with Gasteiger partial charge < -0.3 is 4.74 Å². The van der Waals surface area contributed by atoms with Crippen molar-refractivity contribution in [3.05, 3.63) is 27.5 Å². The largest absolute Gasteiger partial charge is 0.495 e. The standard InChI is InChI=1S/C9H5Cl3N2O/c1-15-7-3-6-5(2-4(7)10)13-8(11)9(12)14-6/h2-3H,1H3. The van der Waals surface area contributed by atoms with Crippen molar-refractivity contribution in [1.29, 1.82) is 0 Å². The SMILES string of the molecule is COc1cc2nc(Cl)c(Cl)nc2cc1Cl. The van der Waals surface area contributed by atoms with Gasteiger partial charge in [0, 0.05) is 6.07 Å². The molecule has 0 atom stereocenters. The van der Waals surface area contributed by atoms with E-state index in [0.29, 0.717) is 21.8 Å². The molecule has 2 rings (SSSR count). The smallest absolute Gasteiger partial charge is 0.167 e. The van der Waals surface area contributed by atoms with Gasteiger partial charge in [-0.25, -0.2) is 9.97 Å². The first kappa shape index (κ1) is 10.7. The van der Waals surface area contributed by atoms with Crippen molar-refractivity contribution >= 4 is 45.8 Å². The van der Waals surface area contributed by atoms with Crippen molar-refractivity contribution in [1.82, 2.24) is 9.97 Å². The maximum Gasteiger partial charge on any atom is 0.167 e. The second kappa shape index (κ2) is 4.00. The van der Waals surface area contributed by atoms with E-state index < -0.39 is 0 Å². The van der Waals surface area contributed by atoms with Gasteiger partial charge in [-0.15, -0.1) is 0 Å². The fourth-order valence-electron chi connectivity index (χ4n) is 1.17. The van der Waals surface area contributed by atoms with Crippen molar-refractivity contribution in [2.45, 2.75) is 0 Å². The Morgan fingerprint density at radius 3 is 2.07 bits per heavy atom. The number of hydrogen-bond donors (Lipinski definition) is 0. The van der Waals surface area contributed by atoms with Gasteiger partial charge in [-0.2, -0.15) is 0 Å². The molecular weight excluding hydrogens is 258 g/mol. The Labute approximate surface area is 101 Å². The quantitative estimate of drug-likeness (QED) is 0.788. The minimum absolute atomic E-state index is 0.158. The Bertz CT molecular complexity index is 530. The van der Waals surface area contributed by atoms with Gasteiger partial charge in [-0.05, 0) is 6.07 Å². The van der Waals surface area contributed by atoms with Crippen LogP contribution in [0.4, 0.5) is 0 Å². The third-order valence-electron chi connectivity index (χ3n) is 1.86. The number of rotatable bonds is 1. The van der Waals surface area contributed by atoms with Crippen molar-refractivity contribution in [2.24, 2.45) is 0 Å². The van der Waals surface area contributed by atoms with Gasteiger partial charge in [0.2, 0.25) is 0 Å². The van der Waals surface area contributed by atoms with E-state index in [1.807, 2.05) is 0 Å². The summed E-state index contributed by atoms with van der Waals surface area (Å²) in [4.78, 5) is 8.10. The molecule has 1 aromatic heterocycles. The summed E-state index contributed by atoms with van der Waals surface area (Å²) < 4.78 is 5.05. The van der Waals surface area contributed by atoms with Gasteiger partial charge in [0.1, 0.15) is 5.75 Å². The zero-order chi connectivity index (χ0) is 11.0. The van der Waals surface area contributed by atoms with Crippen LogP contribution in [0.25, 0.3) is 11.0 Å². The summed E-state index contributed by atoms with van der Waals surface area (Å²) in [6.45, 7) is 0. The van der Waals surface area contributed by atoms with E-state index in [1.54, 1.807) is 12.1 Å². The summed E-state index contributed by atoms with van der Waals surface area (Å²) in [6.07, 6.45) is 0. The van der Waals surface area contributed by atoms with Crippen LogP contribution in [-0.2, 0) is 0 Å². The van der Waals surface area contributed by atoms with Crippen LogP contribution in [0.3, 0.4) is 0 Å². The normalized spacial score (nSPS) is 10.7. The fourth-order valence-corrected chi connectivity index (χ4v) is 1.67. The highest BCUT2D eigenvalue weighted by Crippen LogP contribution is 2.30. The molecule has 0 fully saturated rings. The molecule has 0 saturated heterocycles. The number of benzene rings is 1. The summed E-state index contributed by atoms with van der Waals surface area (Å²) in [5.41, 5.74) is 1.17. The number of nitrogens with zero attached hydrogens (tertiary/aromatic N) is 2. The van der Waals surface area contributed by atoms with Crippen LogP contribution in [-0.4, -0.2) is 17.1 Å². The molecule has 1 aromatic carbocycles. The number of hydrogen-bond acceptors (Lipinski definition) is 3. The summed E-state index contributed by atoms with van der Waals surface area (Å²) in [5, 5.41) is 0.775. The third-order valence-corrected chi connectivity index (χ3v) is 2.78. The first-order valence-corrected chi connectivity index (χ1v) is 5.11. The Kier molecular flexibility index (Phi) is 2.87. The van der Waals surface area contributed by atoms with Crippen LogP contribution in [0.5, 0.6) is 5.75 Å². The molecule has 6 heteroatoms. The maximum atomic E-state index is 5.93. The molecule has 0 N–H and O–H groups in total. The first-order chi connectivity index (χ1) is 7.11. The molecule has 2 aromatic rings. The molecule has 0 bridgehead atoms. The molecule has 15 heavy (non-hydrogen) atoms. The van der Waals surface area contributed by atoms with Crippen molar-refractivity contribution < 1.29 is 4.74 Å². The predicted molar refractivity (Wildman–Crippen MR) is 61.1 cm³/mol. The van der Waals surface area contributed by atoms with Crippen molar-refractivity contribution in [2.75, 3.05) is 7.11 Å². The molecule has 0 unspecified atom stereocenters. The number of halogens is 3. The van der Waals surface area contributed by atoms with Crippen LogP contribution in [0, 0.1) is 0 Å². The van der Waals surface area contributed by atoms with Gasteiger partial charge in [0.05, 0.1) is 23.2 Å². The summed E-state index contributed by atoms with van der Waals surface area (Å²) in [5.74, 6) is 0.525. The highest BCUT2D eigenvalue weighted by Gasteiger charge is 2.08. The summed E-state index contributed by atoms with van der Waals surface area (Å²) >= 11 is 17.4. The third kappa shape index (κ3) is 1.95. The number of ether oxygens (including phenoxy) is 1. The second-order valence-corrected chi connectivity index (χ2v) is 3.90. The Hall–Kier alpha value is -0.770. The Balaban J connectivity index is 2.76. The second-order valence-electron chi connectivity index (χ2n) is 2.78. The van der Waals surface area contributed by atoms with Crippen LogP contribution < -0.4 is 4.74 Å². The van der Waals surface area contributed by atoms with Gasteiger partial charge in [0.25, 0.3) is 0 Å². The van der Waals surface area contributed by atoms with Crippen molar-refractivity contribution in [3.63, 3.8) is 0 Å². The molecule has 3 nitrogen and oxygen atoms in total. The molecule has 0 spiro atoms. The Morgan fingerprint density at radius 2 is 1.53 bits per heavy atom. The molecule has 0 aliphatic carbocycles. The Morgan fingerprint density at radius 1 is 1.00 bits per heavy atom. The minimum Gasteiger partial charge on any atom is -0.495 e. The zero-order valence-electron chi connectivity index (χ0n) is 7.59. The minimum atomic E-state index is 0.158. The highest BCUT2D eigenvalue weighted by molar-refractivity contribution is 6.40. The van der Waals surface area contributed by atoms with E-state index in [1.165, 1.54) is 7.11 Å². The average molecular weight is 264 g/mol. The summed E-state index contributed by atoms with van der Waals surface area (Å²) in [6, 6.07) is 3.29. The van der Waals surface area contributed by atoms with Crippen LogP contribution in [0.1, 0.15) is 0 Å². The van der Waals surface area contributed by atoms with Gasteiger partial charge >= 0.3 is 0 Å². The van der Waals surface area contributed by atoms with E-state index in [0.717, 1.165) is 0 Å². The van der Waals surface area contributed by atoms with E-state index in [2.05, 4.69) is 9.97 Å². The zero-order valence-corrected chi connectivity index (χ0v) is 9.86. The molecule has 1 heterocycles. The monoisotopic (exact) mass is 262 g/mol. The molecule has 0 saturated carbocycles. The van der Waals surface area contributed by atoms with Crippen LogP contribution in [0.15, 0.2) is 12.1 Å². The fraction of sp³-hybridized carbons (Fsp3) is 0.111. The molecule has 0 amide bonds. The van der Waals surface area contributed by atoms with E-state index >= 15 is 0 Å². The molecule has 0 aliphatic heterocycles. The molecule has 78 valence electrons. The highest BCUT2D eigenvalue weighted by atomic mass is 35.5. The number of aromatic nitrogens is 2. The van der Waals surface area contributed by atoms with Gasteiger partial charge in [-0.1, -0.05) is 34.8 Å². The van der Waals surface area contributed by atoms with E-state index in [4.69, 9.17) is 39.5 Å². The lowest BCUT2D eigenvalue weighted by Crippen LogP contribution is -1.90. The van der Waals surface area contributed by atoms with E-state index in [-0.39, 0.29) is 10.3 Å². The van der Waals surface area contributed by atoms with Crippen LogP contribution >= 0.6 is 34.8 Å². The lowest BCUT2D eigenvalue weighted by atomic mass is 10.3. The predicted octanol–water partition coefficient (Wildman–Crippen LogP) is 3.60. The lowest BCUT2D eigenvalue weighted by molar-refractivity contribution is 0.415. The van der Waals surface area contributed by atoms with Gasteiger partial charge in [-0.3, -0.25) is 0 Å². The maximum absolute atomic E-state index is 5.93. The number of fused-ring (bicyclic) bond motifs is 1. The van der Waals surface area contributed by atoms with E-state index in [9.17, 15) is 0 Å². The van der Waals surface area contributed by atoms with Crippen molar-refractivity contribution in [3.8, 4) is 5.75 Å². The van der Waals surface area contributed by atoms with Crippen LogP contribution in [0.2, 0.25) is 15.3 Å². The topological polar surface area (TPSA) is 35.0 Å². The molecule has 0 radical (unpaired) electrons. The molecular formula is C9H5Cl3N2O. The molecule has 0 aliphatic rings. The average Bonchev–Trinajstić information content (AvgIpc) is 2.20. The lowest BCUT2D eigenvalue weighted by Gasteiger charge is -2.05. The van der Waals surface area contributed by atoms with Gasteiger partial charge in [0.15, 0.2) is 10.3 Å².